The smallest absolute Gasteiger partial charge is 0.340 e. The minimum absolute atomic E-state index is 0.144. The van der Waals surface area contributed by atoms with Crippen molar-refractivity contribution in [2.75, 3.05) is 12.3 Å². The third-order valence-corrected chi connectivity index (χ3v) is 4.86. The molecule has 0 spiro atoms. The Morgan fingerprint density at radius 1 is 1.35 bits per heavy atom. The van der Waals surface area contributed by atoms with E-state index in [4.69, 9.17) is 22.1 Å². The van der Waals surface area contributed by atoms with E-state index in [9.17, 15) is 9.59 Å². The van der Waals surface area contributed by atoms with Crippen LogP contribution in [0.15, 0.2) is 18.2 Å². The van der Waals surface area contributed by atoms with Crippen molar-refractivity contribution in [2.45, 2.75) is 39.2 Å². The second kappa shape index (κ2) is 7.68. The van der Waals surface area contributed by atoms with Gasteiger partial charge in [-0.1, -0.05) is 38.3 Å². The number of benzene rings is 1. The maximum Gasteiger partial charge on any atom is 0.340 e. The molecule has 0 unspecified atom stereocenters. The van der Waals surface area contributed by atoms with Crippen LogP contribution in [0.5, 0.6) is 0 Å². The van der Waals surface area contributed by atoms with E-state index >= 15 is 0 Å². The highest BCUT2D eigenvalue weighted by atomic mass is 35.5. The van der Waals surface area contributed by atoms with Gasteiger partial charge < -0.3 is 15.8 Å². The van der Waals surface area contributed by atoms with Crippen molar-refractivity contribution in [1.82, 2.24) is 5.32 Å². The molecule has 0 saturated heterocycles. The zero-order valence-corrected chi connectivity index (χ0v) is 14.2. The number of anilines is 1. The summed E-state index contributed by atoms with van der Waals surface area (Å²) in [5, 5.41) is 3.40. The summed E-state index contributed by atoms with van der Waals surface area (Å²) in [6.07, 6.45) is 3.27. The lowest BCUT2D eigenvalue weighted by atomic mass is 9.78. The van der Waals surface area contributed by atoms with Gasteiger partial charge in [-0.3, -0.25) is 4.79 Å². The van der Waals surface area contributed by atoms with E-state index in [1.54, 1.807) is 6.07 Å². The summed E-state index contributed by atoms with van der Waals surface area (Å²) < 4.78 is 5.04. The fourth-order valence-corrected chi connectivity index (χ4v) is 3.14. The highest BCUT2D eigenvalue weighted by Crippen LogP contribution is 2.29. The third kappa shape index (κ3) is 4.61. The second-order valence-electron chi connectivity index (χ2n) is 6.25. The van der Waals surface area contributed by atoms with Gasteiger partial charge in [0, 0.05) is 16.8 Å². The predicted molar refractivity (Wildman–Crippen MR) is 90.3 cm³/mol. The number of amides is 1. The standard InChI is InChI=1S/C17H23ClN2O3/c1-10-4-3-5-15(11(10)2)20-16(21)9-23-17(22)13-7-6-12(18)8-14(13)19/h6-8,10-11,15H,3-5,9,19H2,1-2H3,(H,20,21)/t10-,11+,15-/m0/s1. The number of carbonyl (C=O) groups excluding carboxylic acids is 2. The molecule has 1 fully saturated rings. The average molecular weight is 339 g/mol. The fraction of sp³-hybridized carbons (Fsp3) is 0.529. The van der Waals surface area contributed by atoms with Gasteiger partial charge >= 0.3 is 5.97 Å². The van der Waals surface area contributed by atoms with Gasteiger partial charge in [-0.2, -0.15) is 0 Å². The van der Waals surface area contributed by atoms with Gasteiger partial charge in [0.05, 0.1) is 5.56 Å². The van der Waals surface area contributed by atoms with Crippen molar-refractivity contribution in [1.29, 1.82) is 0 Å². The molecule has 1 amide bonds. The molecular formula is C17H23ClN2O3. The first-order valence-electron chi connectivity index (χ1n) is 7.90. The highest BCUT2D eigenvalue weighted by Gasteiger charge is 2.28. The zero-order chi connectivity index (χ0) is 17.0. The second-order valence-corrected chi connectivity index (χ2v) is 6.69. The lowest BCUT2D eigenvalue weighted by molar-refractivity contribution is -0.125. The Hall–Kier alpha value is -1.75. The summed E-state index contributed by atoms with van der Waals surface area (Å²) in [6.45, 7) is 4.04. The monoisotopic (exact) mass is 338 g/mol. The number of ether oxygens (including phenoxy) is 1. The number of halogens is 1. The van der Waals surface area contributed by atoms with Crippen LogP contribution >= 0.6 is 11.6 Å². The molecule has 0 heterocycles. The van der Waals surface area contributed by atoms with Gasteiger partial charge in [0.2, 0.25) is 0 Å². The van der Waals surface area contributed by atoms with Crippen molar-refractivity contribution < 1.29 is 14.3 Å². The quantitative estimate of drug-likeness (QED) is 0.653. The van der Waals surface area contributed by atoms with E-state index in [1.165, 1.54) is 18.6 Å². The molecule has 23 heavy (non-hydrogen) atoms. The molecular weight excluding hydrogens is 316 g/mol. The first-order chi connectivity index (χ1) is 10.9. The SMILES string of the molecule is C[C@H]1[C@@H](NC(=O)COC(=O)c2ccc(Cl)cc2N)CCC[C@@H]1C. The number of nitrogens with one attached hydrogen (secondary N) is 1. The molecule has 1 aliphatic carbocycles. The molecule has 2 rings (SSSR count). The number of rotatable bonds is 4. The van der Waals surface area contributed by atoms with Gasteiger partial charge in [0.25, 0.3) is 5.91 Å². The molecule has 6 heteroatoms. The molecule has 5 nitrogen and oxygen atoms in total. The minimum Gasteiger partial charge on any atom is -0.452 e. The number of hydrogen-bond donors (Lipinski definition) is 2. The normalized spacial score (nSPS) is 24.0. The maximum atomic E-state index is 12.0. The summed E-state index contributed by atoms with van der Waals surface area (Å²) >= 11 is 5.79. The molecule has 1 aliphatic rings. The summed E-state index contributed by atoms with van der Waals surface area (Å²) in [5.74, 6) is 0.108. The van der Waals surface area contributed by atoms with Crippen LogP contribution in [0.4, 0.5) is 5.69 Å². The van der Waals surface area contributed by atoms with E-state index in [0.29, 0.717) is 16.9 Å². The van der Waals surface area contributed by atoms with E-state index in [1.807, 2.05) is 0 Å². The third-order valence-electron chi connectivity index (χ3n) is 4.62. The molecule has 3 atom stereocenters. The van der Waals surface area contributed by atoms with E-state index in [-0.39, 0.29) is 29.8 Å². The Morgan fingerprint density at radius 3 is 2.78 bits per heavy atom. The van der Waals surface area contributed by atoms with Crippen molar-refractivity contribution in [2.24, 2.45) is 11.8 Å². The number of esters is 1. The largest absolute Gasteiger partial charge is 0.452 e. The van der Waals surface area contributed by atoms with Crippen LogP contribution < -0.4 is 11.1 Å². The van der Waals surface area contributed by atoms with Crippen LogP contribution in [-0.2, 0) is 9.53 Å². The molecule has 0 aliphatic heterocycles. The van der Waals surface area contributed by atoms with E-state index in [2.05, 4.69) is 19.2 Å². The lowest BCUT2D eigenvalue weighted by Crippen LogP contribution is -2.45. The Balaban J connectivity index is 1.85. The van der Waals surface area contributed by atoms with Crippen molar-refractivity contribution >= 4 is 29.2 Å². The van der Waals surface area contributed by atoms with Crippen LogP contribution in [0.3, 0.4) is 0 Å². The Kier molecular flexibility index (Phi) is 5.88. The highest BCUT2D eigenvalue weighted by molar-refractivity contribution is 6.31. The zero-order valence-electron chi connectivity index (χ0n) is 13.5. The molecule has 1 saturated carbocycles. The number of nitrogen functional groups attached to an aromatic ring is 1. The molecule has 1 aromatic carbocycles. The minimum atomic E-state index is -0.626. The predicted octanol–water partition coefficient (Wildman–Crippen LogP) is 3.02. The molecule has 3 N–H and O–H groups in total. The number of carbonyl (C=O) groups is 2. The molecule has 0 aromatic heterocycles. The topological polar surface area (TPSA) is 81.4 Å². The maximum absolute atomic E-state index is 12.0. The summed E-state index contributed by atoms with van der Waals surface area (Å²) in [4.78, 5) is 24.0. The average Bonchev–Trinajstić information content (AvgIpc) is 2.49. The van der Waals surface area contributed by atoms with E-state index < -0.39 is 5.97 Å². The van der Waals surface area contributed by atoms with Crippen LogP contribution in [0.2, 0.25) is 5.02 Å². The van der Waals surface area contributed by atoms with Gasteiger partial charge in [-0.15, -0.1) is 0 Å². The summed E-state index contributed by atoms with van der Waals surface area (Å²) in [6, 6.07) is 4.66. The van der Waals surface area contributed by atoms with Gasteiger partial charge in [-0.05, 0) is 36.5 Å². The first-order valence-corrected chi connectivity index (χ1v) is 8.27. The summed E-state index contributed by atoms with van der Waals surface area (Å²) in [7, 11) is 0. The molecule has 0 bridgehead atoms. The van der Waals surface area contributed by atoms with Crippen LogP contribution in [-0.4, -0.2) is 24.5 Å². The van der Waals surface area contributed by atoms with Crippen LogP contribution in [0.25, 0.3) is 0 Å². The Labute approximate surface area is 141 Å². The Bertz CT molecular complexity index is 591. The van der Waals surface area contributed by atoms with Crippen molar-refractivity contribution in [3.05, 3.63) is 28.8 Å². The van der Waals surface area contributed by atoms with Gasteiger partial charge in [-0.25, -0.2) is 4.79 Å². The molecule has 1 aromatic rings. The van der Waals surface area contributed by atoms with Gasteiger partial charge in [0.1, 0.15) is 0 Å². The van der Waals surface area contributed by atoms with Crippen molar-refractivity contribution in [3.63, 3.8) is 0 Å². The number of nitrogens with two attached hydrogens (primary N) is 1. The molecule has 126 valence electrons. The Morgan fingerprint density at radius 2 is 2.09 bits per heavy atom. The number of hydrogen-bond acceptors (Lipinski definition) is 4. The van der Waals surface area contributed by atoms with Crippen LogP contribution in [0.1, 0.15) is 43.5 Å². The lowest BCUT2D eigenvalue weighted by Gasteiger charge is -2.34. The van der Waals surface area contributed by atoms with Gasteiger partial charge in [0.15, 0.2) is 6.61 Å². The molecule has 0 radical (unpaired) electrons. The van der Waals surface area contributed by atoms with E-state index in [0.717, 1.165) is 12.8 Å². The summed E-state index contributed by atoms with van der Waals surface area (Å²) in [5.41, 5.74) is 6.17. The first kappa shape index (κ1) is 17.6. The van der Waals surface area contributed by atoms with Crippen molar-refractivity contribution in [3.8, 4) is 0 Å². The van der Waals surface area contributed by atoms with Crippen LogP contribution in [0, 0.1) is 11.8 Å². The fourth-order valence-electron chi connectivity index (χ4n) is 2.96.